The molecule has 0 aliphatic heterocycles. The first-order valence-electron chi connectivity index (χ1n) is 40.3. The van der Waals surface area contributed by atoms with E-state index in [2.05, 4.69) is 196 Å². The van der Waals surface area contributed by atoms with Gasteiger partial charge in [-0.2, -0.15) is 0 Å². The Morgan fingerprint density at radius 2 is 0.525 bits per heavy atom. The zero-order chi connectivity index (χ0) is 71.5. The molecule has 2 atom stereocenters. The average Bonchev–Trinajstić information content (AvgIpc) is 1.35. The molecule has 10 heteroatoms. The van der Waals surface area contributed by atoms with Crippen molar-refractivity contribution in [1.82, 2.24) is 0 Å². The summed E-state index contributed by atoms with van der Waals surface area (Å²) in [4.78, 5) is 35.5. The number of carbonyl (C=O) groups excluding carboxylic acids is 2. The molecule has 0 saturated heterocycles. The number of allylic oxidation sites excluding steroid dienone is 30. The molecule has 0 amide bonds. The van der Waals surface area contributed by atoms with Crippen LogP contribution in [0.3, 0.4) is 0 Å². The van der Waals surface area contributed by atoms with Gasteiger partial charge in [0.1, 0.15) is 6.61 Å². The van der Waals surface area contributed by atoms with Crippen LogP contribution < -0.4 is 5.73 Å². The van der Waals surface area contributed by atoms with E-state index < -0.39 is 26.5 Å². The van der Waals surface area contributed by atoms with Gasteiger partial charge in [0.15, 0.2) is 6.10 Å². The molecule has 0 heterocycles. The number of carbonyl (C=O) groups is 2. The molecule has 99 heavy (non-hydrogen) atoms. The topological polar surface area (TPSA) is 134 Å². The Kier molecular flexibility index (Phi) is 78.0. The molecule has 2 unspecified atom stereocenters. The lowest BCUT2D eigenvalue weighted by Crippen LogP contribution is -2.29. The molecule has 0 aromatic heterocycles. The maximum Gasteiger partial charge on any atom is 0.472 e. The van der Waals surface area contributed by atoms with E-state index >= 15 is 0 Å². The van der Waals surface area contributed by atoms with Crippen LogP contribution in [0.4, 0.5) is 0 Å². The van der Waals surface area contributed by atoms with Crippen molar-refractivity contribution in [2.45, 2.75) is 341 Å². The van der Waals surface area contributed by atoms with Crippen LogP contribution in [0, 0.1) is 0 Å². The number of ether oxygens (including phenoxy) is 2. The summed E-state index contributed by atoms with van der Waals surface area (Å²) >= 11 is 0. The van der Waals surface area contributed by atoms with Crippen molar-refractivity contribution in [2.75, 3.05) is 26.4 Å². The highest BCUT2D eigenvalue weighted by Gasteiger charge is 2.26. The summed E-state index contributed by atoms with van der Waals surface area (Å²) in [5, 5.41) is 0. The number of hydrogen-bond donors (Lipinski definition) is 2. The third kappa shape index (κ3) is 82.0. The van der Waals surface area contributed by atoms with Crippen LogP contribution in [-0.2, 0) is 32.7 Å². The third-order valence-electron chi connectivity index (χ3n) is 16.8. The van der Waals surface area contributed by atoms with Crippen LogP contribution in [0.25, 0.3) is 0 Å². The van der Waals surface area contributed by atoms with Gasteiger partial charge in [-0.1, -0.05) is 369 Å². The lowest BCUT2D eigenvalue weighted by molar-refractivity contribution is -0.161. The molecule has 0 bridgehead atoms. The van der Waals surface area contributed by atoms with Crippen LogP contribution in [0.2, 0.25) is 0 Å². The predicted molar refractivity (Wildman–Crippen MR) is 431 cm³/mol. The van der Waals surface area contributed by atoms with Crippen LogP contribution in [-0.4, -0.2) is 49.3 Å². The third-order valence-corrected chi connectivity index (χ3v) is 17.8. The van der Waals surface area contributed by atoms with Crippen molar-refractivity contribution in [2.24, 2.45) is 5.73 Å². The highest BCUT2D eigenvalue weighted by atomic mass is 31.2. The van der Waals surface area contributed by atoms with Gasteiger partial charge in [-0.25, -0.2) is 4.57 Å². The minimum Gasteiger partial charge on any atom is -0.462 e. The molecule has 0 radical (unpaired) electrons. The average molecular weight is 1390 g/mol. The minimum atomic E-state index is -4.41. The number of phosphoric acid groups is 1. The van der Waals surface area contributed by atoms with Crippen molar-refractivity contribution >= 4 is 19.8 Å². The van der Waals surface area contributed by atoms with Crippen LogP contribution in [0.15, 0.2) is 182 Å². The fourth-order valence-corrected chi connectivity index (χ4v) is 11.7. The van der Waals surface area contributed by atoms with E-state index in [1.54, 1.807) is 0 Å². The van der Waals surface area contributed by atoms with Gasteiger partial charge in [-0.05, 0) is 135 Å². The molecule has 3 N–H and O–H groups in total. The maximum atomic E-state index is 12.8. The molecule has 562 valence electrons. The molecule has 0 aliphatic rings. The molecular weight excluding hydrogens is 1240 g/mol. The number of rotatable bonds is 74. The first-order chi connectivity index (χ1) is 48.8. The molecule has 0 aliphatic carbocycles. The van der Waals surface area contributed by atoms with Crippen molar-refractivity contribution in [3.05, 3.63) is 182 Å². The number of unbranched alkanes of at least 4 members (excludes halogenated alkanes) is 31. The molecule has 0 rings (SSSR count). The number of nitrogens with two attached hydrogens (primary N) is 1. The summed E-state index contributed by atoms with van der Waals surface area (Å²) in [5.41, 5.74) is 5.42. The predicted octanol–water partition coefficient (Wildman–Crippen LogP) is 27.4. The van der Waals surface area contributed by atoms with Gasteiger partial charge in [0.25, 0.3) is 0 Å². The summed E-state index contributed by atoms with van der Waals surface area (Å²) in [6.07, 6.45) is 123. The van der Waals surface area contributed by atoms with Gasteiger partial charge in [-0.15, -0.1) is 0 Å². The number of hydrogen-bond acceptors (Lipinski definition) is 8. The second-order valence-corrected chi connectivity index (χ2v) is 27.6. The number of esters is 2. The standard InChI is InChI=1S/C89H148NO8P/c1-3-5-7-9-11-13-15-17-19-21-23-25-27-29-31-33-35-37-39-41-43-45-47-49-51-53-55-57-59-61-63-65-67-69-71-73-75-77-79-81-88(91)95-85-87(86-97-99(93,94)96-84-83-90)98-89(92)82-80-78-76-74-72-70-68-66-64-62-60-58-56-54-52-50-48-46-44-42-40-38-36-34-32-30-28-26-24-22-20-18-16-14-12-10-8-6-4-2/h5-8,11-14,17-20,23-26,29-32,35-38,42,44,48,50,54,56,87H,3-4,9-10,15-16,21-22,27-28,33-34,39-41,43,45-47,49,51-53,55,57-86,90H2,1-2H3,(H,93,94)/b7-5-,8-6-,13-11-,14-12-,19-17-,20-18-,25-23-,26-24-,31-29-,32-30-,37-35-,38-36-,44-42-,50-48-,56-54-. The van der Waals surface area contributed by atoms with E-state index in [1.165, 1.54) is 161 Å². The van der Waals surface area contributed by atoms with E-state index in [1.807, 2.05) is 0 Å². The SMILES string of the molecule is CC/C=C\C/C=C\C/C=C\C/C=C\C/C=C\C/C=C\C/C=C\C/C=C\C/C=C\CCCCCCCCCCCCCC(=O)OC(COC(=O)CCCCCCCCCCCCCCCCCCCCCC/C=C\C/C=C\C/C=C\C/C=C\C/C=C\C/C=C\CC)COP(=O)(O)OCCN. The van der Waals surface area contributed by atoms with Gasteiger partial charge in [0, 0.05) is 19.4 Å². The maximum absolute atomic E-state index is 12.8. The molecule has 9 nitrogen and oxygen atoms in total. The quantitative estimate of drug-likeness (QED) is 0.0264. The monoisotopic (exact) mass is 1390 g/mol. The van der Waals surface area contributed by atoms with Crippen molar-refractivity contribution in [3.8, 4) is 0 Å². The molecule has 0 aromatic rings. The summed E-state index contributed by atoms with van der Waals surface area (Å²) in [6.45, 7) is 3.53. The Balaban J connectivity index is 3.87. The lowest BCUT2D eigenvalue weighted by Gasteiger charge is -2.19. The normalized spacial score (nSPS) is 13.9. The summed E-state index contributed by atoms with van der Waals surface area (Å²) in [5.74, 6) is -0.828. The Hall–Kier alpha value is -4.89. The fraction of sp³-hybridized carbons (Fsp3) is 0.640. The van der Waals surface area contributed by atoms with Crippen LogP contribution in [0.5, 0.6) is 0 Å². The van der Waals surface area contributed by atoms with Gasteiger partial charge in [0.05, 0.1) is 13.2 Å². The van der Waals surface area contributed by atoms with Gasteiger partial charge >= 0.3 is 19.8 Å². The molecule has 0 fully saturated rings. The van der Waals surface area contributed by atoms with E-state index in [4.69, 9.17) is 24.3 Å². The zero-order valence-corrected chi connectivity index (χ0v) is 64.3. The Morgan fingerprint density at radius 3 is 0.778 bits per heavy atom. The second-order valence-electron chi connectivity index (χ2n) is 26.2. The van der Waals surface area contributed by atoms with Crippen molar-refractivity contribution in [3.63, 3.8) is 0 Å². The van der Waals surface area contributed by atoms with E-state index in [0.29, 0.717) is 6.42 Å². The smallest absolute Gasteiger partial charge is 0.462 e. The lowest BCUT2D eigenvalue weighted by atomic mass is 10.0. The Morgan fingerprint density at radius 1 is 0.303 bits per heavy atom. The van der Waals surface area contributed by atoms with E-state index in [0.717, 1.165) is 141 Å². The van der Waals surface area contributed by atoms with Gasteiger partial charge < -0.3 is 20.1 Å². The number of phosphoric ester groups is 1. The Labute approximate surface area is 609 Å². The molecule has 0 saturated carbocycles. The largest absolute Gasteiger partial charge is 0.472 e. The second kappa shape index (κ2) is 82.1. The molecule has 0 spiro atoms. The van der Waals surface area contributed by atoms with Crippen LogP contribution >= 0.6 is 7.82 Å². The van der Waals surface area contributed by atoms with E-state index in [-0.39, 0.29) is 38.6 Å². The molecule has 0 aromatic carbocycles. The zero-order valence-electron chi connectivity index (χ0n) is 63.4. The Bertz CT molecular complexity index is 2290. The minimum absolute atomic E-state index is 0.0470. The summed E-state index contributed by atoms with van der Waals surface area (Å²) < 4.78 is 33.3. The highest BCUT2D eigenvalue weighted by Crippen LogP contribution is 2.43. The molecular formula is C89H148NO8P. The van der Waals surface area contributed by atoms with Crippen molar-refractivity contribution in [1.29, 1.82) is 0 Å². The van der Waals surface area contributed by atoms with Crippen LogP contribution in [0.1, 0.15) is 335 Å². The van der Waals surface area contributed by atoms with Gasteiger partial charge in [0.2, 0.25) is 0 Å². The van der Waals surface area contributed by atoms with Crippen molar-refractivity contribution < 1.29 is 37.6 Å². The summed E-state index contributed by atoms with van der Waals surface area (Å²) in [7, 11) is -4.41. The van der Waals surface area contributed by atoms with E-state index in [9.17, 15) is 19.0 Å². The summed E-state index contributed by atoms with van der Waals surface area (Å²) in [6, 6.07) is 0. The first-order valence-corrected chi connectivity index (χ1v) is 41.8. The first kappa shape index (κ1) is 94.1. The van der Waals surface area contributed by atoms with Gasteiger partial charge in [-0.3, -0.25) is 18.6 Å². The fourth-order valence-electron chi connectivity index (χ4n) is 10.9. The highest BCUT2D eigenvalue weighted by molar-refractivity contribution is 7.47.